The lowest BCUT2D eigenvalue weighted by Gasteiger charge is -2.36. The van der Waals surface area contributed by atoms with E-state index < -0.39 is 0 Å². The molecule has 116 valence electrons. The molecule has 0 bridgehead atoms. The summed E-state index contributed by atoms with van der Waals surface area (Å²) in [6.07, 6.45) is 9.79. The van der Waals surface area contributed by atoms with E-state index in [2.05, 4.69) is 22.3 Å². The van der Waals surface area contributed by atoms with Gasteiger partial charge in [-0.25, -0.2) is 0 Å². The van der Waals surface area contributed by atoms with Crippen molar-refractivity contribution in [2.24, 2.45) is 5.92 Å². The quantitative estimate of drug-likeness (QED) is 0.882. The lowest BCUT2D eigenvalue weighted by Crippen LogP contribution is -2.47. The van der Waals surface area contributed by atoms with E-state index in [0.29, 0.717) is 6.04 Å². The minimum atomic E-state index is 0.649. The van der Waals surface area contributed by atoms with Crippen LogP contribution in [0, 0.1) is 5.92 Å². The first kappa shape index (κ1) is 15.2. The summed E-state index contributed by atoms with van der Waals surface area (Å²) >= 11 is 5.98. The molecular formula is C18H27ClN2. The molecule has 1 aliphatic heterocycles. The van der Waals surface area contributed by atoms with Crippen molar-refractivity contribution in [2.75, 3.05) is 24.5 Å². The predicted octanol–water partition coefficient (Wildman–Crippen LogP) is 4.48. The Morgan fingerprint density at radius 1 is 1.00 bits per heavy atom. The molecule has 3 rings (SSSR count). The number of nitrogens with zero attached hydrogens (tertiary/aromatic N) is 1. The van der Waals surface area contributed by atoms with E-state index in [0.717, 1.165) is 17.5 Å². The Morgan fingerprint density at radius 3 is 2.52 bits per heavy atom. The fourth-order valence-electron chi connectivity index (χ4n) is 3.75. The Hall–Kier alpha value is -0.730. The van der Waals surface area contributed by atoms with Crippen LogP contribution in [0.1, 0.15) is 44.9 Å². The lowest BCUT2D eigenvalue weighted by molar-refractivity contribution is 0.314. The van der Waals surface area contributed by atoms with Gasteiger partial charge in [-0.1, -0.05) is 30.9 Å². The van der Waals surface area contributed by atoms with Crippen LogP contribution in [0.25, 0.3) is 0 Å². The monoisotopic (exact) mass is 306 g/mol. The van der Waals surface area contributed by atoms with E-state index in [1.54, 1.807) is 0 Å². The van der Waals surface area contributed by atoms with Gasteiger partial charge in [0.05, 0.1) is 0 Å². The lowest BCUT2D eigenvalue weighted by atomic mass is 9.89. The van der Waals surface area contributed by atoms with Gasteiger partial charge in [-0.05, 0) is 62.4 Å². The number of hydrogen-bond acceptors (Lipinski definition) is 2. The minimum Gasteiger partial charge on any atom is -0.370 e. The molecular weight excluding hydrogens is 280 g/mol. The summed E-state index contributed by atoms with van der Waals surface area (Å²) in [6, 6.07) is 8.93. The molecule has 1 saturated carbocycles. The maximum atomic E-state index is 5.98. The van der Waals surface area contributed by atoms with Crippen LogP contribution in [0.15, 0.2) is 24.3 Å². The average molecular weight is 307 g/mol. The highest BCUT2D eigenvalue weighted by atomic mass is 35.5. The average Bonchev–Trinajstić information content (AvgIpc) is 2.55. The summed E-state index contributed by atoms with van der Waals surface area (Å²) < 4.78 is 0. The predicted molar refractivity (Wildman–Crippen MR) is 91.3 cm³/mol. The van der Waals surface area contributed by atoms with E-state index in [-0.39, 0.29) is 0 Å². The van der Waals surface area contributed by atoms with Gasteiger partial charge in [0.25, 0.3) is 0 Å². The first-order valence-corrected chi connectivity index (χ1v) is 8.93. The van der Waals surface area contributed by atoms with Crippen LogP contribution in [-0.2, 0) is 0 Å². The van der Waals surface area contributed by atoms with Crippen molar-refractivity contribution in [1.82, 2.24) is 5.32 Å². The second-order valence-electron chi connectivity index (χ2n) is 6.67. The zero-order chi connectivity index (χ0) is 14.5. The number of benzene rings is 1. The van der Waals surface area contributed by atoms with E-state index in [9.17, 15) is 0 Å². The summed E-state index contributed by atoms with van der Waals surface area (Å²) in [5.41, 5.74) is 1.31. The molecule has 1 aromatic carbocycles. The SMILES string of the molecule is Clc1ccc(N2CCCC(NCC3CCCCC3)C2)cc1. The van der Waals surface area contributed by atoms with Crippen LogP contribution in [0.3, 0.4) is 0 Å². The van der Waals surface area contributed by atoms with Gasteiger partial charge in [0, 0.05) is 29.8 Å². The smallest absolute Gasteiger partial charge is 0.0407 e. The molecule has 1 atom stereocenters. The molecule has 1 saturated heterocycles. The minimum absolute atomic E-state index is 0.649. The number of piperidine rings is 1. The van der Waals surface area contributed by atoms with Crippen molar-refractivity contribution in [3.63, 3.8) is 0 Å². The fourth-order valence-corrected chi connectivity index (χ4v) is 3.88. The third kappa shape index (κ3) is 4.37. The Bertz CT molecular complexity index is 425. The maximum absolute atomic E-state index is 5.98. The van der Waals surface area contributed by atoms with E-state index in [4.69, 9.17) is 11.6 Å². The first-order valence-electron chi connectivity index (χ1n) is 8.55. The van der Waals surface area contributed by atoms with Crippen molar-refractivity contribution in [3.8, 4) is 0 Å². The highest BCUT2D eigenvalue weighted by Crippen LogP contribution is 2.24. The third-order valence-corrected chi connectivity index (χ3v) is 5.29. The zero-order valence-electron chi connectivity index (χ0n) is 12.9. The summed E-state index contributed by atoms with van der Waals surface area (Å²) in [5, 5.41) is 4.66. The molecule has 1 unspecified atom stereocenters. The van der Waals surface area contributed by atoms with Gasteiger partial charge in [-0.15, -0.1) is 0 Å². The number of anilines is 1. The molecule has 1 heterocycles. The molecule has 1 aliphatic carbocycles. The van der Waals surface area contributed by atoms with Crippen molar-refractivity contribution >= 4 is 17.3 Å². The largest absolute Gasteiger partial charge is 0.370 e. The molecule has 1 N–H and O–H groups in total. The van der Waals surface area contributed by atoms with Gasteiger partial charge in [0.15, 0.2) is 0 Å². The second kappa shape index (κ2) is 7.51. The van der Waals surface area contributed by atoms with Crippen LogP contribution in [0.2, 0.25) is 5.02 Å². The van der Waals surface area contributed by atoms with Gasteiger partial charge in [0.1, 0.15) is 0 Å². The molecule has 3 heteroatoms. The van der Waals surface area contributed by atoms with Crippen molar-refractivity contribution in [1.29, 1.82) is 0 Å². The topological polar surface area (TPSA) is 15.3 Å². The molecule has 0 radical (unpaired) electrons. The number of rotatable bonds is 4. The molecule has 0 amide bonds. The highest BCUT2D eigenvalue weighted by molar-refractivity contribution is 6.30. The van der Waals surface area contributed by atoms with Gasteiger partial charge < -0.3 is 10.2 Å². The van der Waals surface area contributed by atoms with Gasteiger partial charge >= 0.3 is 0 Å². The molecule has 2 aliphatic rings. The third-order valence-electron chi connectivity index (χ3n) is 5.03. The molecule has 1 aromatic rings. The molecule has 0 aromatic heterocycles. The summed E-state index contributed by atoms with van der Waals surface area (Å²) in [4.78, 5) is 2.50. The standard InChI is InChI=1S/C18H27ClN2/c19-16-8-10-18(11-9-16)21-12-4-7-17(14-21)20-13-15-5-2-1-3-6-15/h8-11,15,17,20H,1-7,12-14H2. The molecule has 0 spiro atoms. The maximum Gasteiger partial charge on any atom is 0.0407 e. The Balaban J connectivity index is 1.49. The fraction of sp³-hybridized carbons (Fsp3) is 0.667. The van der Waals surface area contributed by atoms with Crippen molar-refractivity contribution in [3.05, 3.63) is 29.3 Å². The summed E-state index contributed by atoms with van der Waals surface area (Å²) in [7, 11) is 0. The first-order chi connectivity index (χ1) is 10.3. The van der Waals surface area contributed by atoms with Crippen molar-refractivity contribution in [2.45, 2.75) is 51.0 Å². The van der Waals surface area contributed by atoms with Crippen LogP contribution >= 0.6 is 11.6 Å². The summed E-state index contributed by atoms with van der Waals surface area (Å²) in [6.45, 7) is 3.52. The van der Waals surface area contributed by atoms with Gasteiger partial charge in [-0.3, -0.25) is 0 Å². The Morgan fingerprint density at radius 2 is 1.76 bits per heavy atom. The van der Waals surface area contributed by atoms with E-state index >= 15 is 0 Å². The normalized spacial score (nSPS) is 24.2. The molecule has 2 nitrogen and oxygen atoms in total. The molecule has 21 heavy (non-hydrogen) atoms. The Kier molecular flexibility index (Phi) is 5.43. The Labute approximate surface area is 133 Å². The number of hydrogen-bond donors (Lipinski definition) is 1. The number of nitrogens with one attached hydrogen (secondary N) is 1. The van der Waals surface area contributed by atoms with E-state index in [1.165, 1.54) is 63.7 Å². The van der Waals surface area contributed by atoms with Gasteiger partial charge in [-0.2, -0.15) is 0 Å². The van der Waals surface area contributed by atoms with Crippen LogP contribution in [0.5, 0.6) is 0 Å². The highest BCUT2D eigenvalue weighted by Gasteiger charge is 2.21. The summed E-state index contributed by atoms with van der Waals surface area (Å²) in [5.74, 6) is 0.921. The number of halogens is 1. The van der Waals surface area contributed by atoms with Gasteiger partial charge in [0.2, 0.25) is 0 Å². The molecule has 2 fully saturated rings. The van der Waals surface area contributed by atoms with Crippen LogP contribution < -0.4 is 10.2 Å². The van der Waals surface area contributed by atoms with Crippen LogP contribution in [-0.4, -0.2) is 25.7 Å². The second-order valence-corrected chi connectivity index (χ2v) is 7.11. The van der Waals surface area contributed by atoms with Crippen molar-refractivity contribution < 1.29 is 0 Å². The zero-order valence-corrected chi connectivity index (χ0v) is 13.6. The van der Waals surface area contributed by atoms with E-state index in [1.807, 2.05) is 12.1 Å². The van der Waals surface area contributed by atoms with Crippen LogP contribution in [0.4, 0.5) is 5.69 Å².